The van der Waals surface area contributed by atoms with E-state index in [0.717, 1.165) is 44.8 Å². The monoisotopic (exact) mass is 318 g/mol. The summed E-state index contributed by atoms with van der Waals surface area (Å²) in [6.45, 7) is 8.01. The van der Waals surface area contributed by atoms with Gasteiger partial charge in [-0.05, 0) is 24.1 Å². The van der Waals surface area contributed by atoms with Crippen molar-refractivity contribution in [1.29, 1.82) is 0 Å². The number of hydrogen-bond donors (Lipinski definition) is 1. The average Bonchev–Trinajstić information content (AvgIpc) is 2.95. The number of ether oxygens (including phenoxy) is 2. The zero-order valence-electron chi connectivity index (χ0n) is 14.0. The highest BCUT2D eigenvalue weighted by Crippen LogP contribution is 2.31. The van der Waals surface area contributed by atoms with Crippen molar-refractivity contribution in [3.05, 3.63) is 29.8 Å². The zero-order valence-corrected chi connectivity index (χ0v) is 14.0. The second-order valence-corrected chi connectivity index (χ2v) is 6.68. The minimum absolute atomic E-state index is 0.0418. The molecule has 1 amide bonds. The lowest BCUT2D eigenvalue weighted by Gasteiger charge is -2.43. The van der Waals surface area contributed by atoms with E-state index < -0.39 is 0 Å². The molecule has 1 spiro atoms. The Morgan fingerprint density at radius 3 is 2.78 bits per heavy atom. The van der Waals surface area contributed by atoms with Crippen LogP contribution in [0.1, 0.15) is 32.3 Å². The lowest BCUT2D eigenvalue weighted by Crippen LogP contribution is -2.55. The number of amides is 1. The van der Waals surface area contributed by atoms with E-state index in [1.807, 2.05) is 12.1 Å². The van der Waals surface area contributed by atoms with E-state index in [1.54, 1.807) is 0 Å². The number of benzene rings is 1. The maximum atomic E-state index is 11.1. The highest BCUT2D eigenvalue weighted by atomic mass is 16.6. The molecule has 2 aliphatic rings. The molecule has 1 N–H and O–H groups in total. The molecule has 0 unspecified atom stereocenters. The van der Waals surface area contributed by atoms with E-state index in [-0.39, 0.29) is 17.6 Å². The van der Waals surface area contributed by atoms with Crippen LogP contribution in [0, 0.1) is 0 Å². The Kier molecular flexibility index (Phi) is 4.99. The molecule has 5 heteroatoms. The second kappa shape index (κ2) is 6.99. The minimum atomic E-state index is -0.116. The summed E-state index contributed by atoms with van der Waals surface area (Å²) >= 11 is 0. The summed E-state index contributed by atoms with van der Waals surface area (Å²) < 4.78 is 11.9. The molecule has 0 radical (unpaired) electrons. The van der Waals surface area contributed by atoms with Crippen molar-refractivity contribution in [2.24, 2.45) is 0 Å². The third kappa shape index (κ3) is 4.10. The van der Waals surface area contributed by atoms with Crippen molar-refractivity contribution >= 4 is 11.6 Å². The Morgan fingerprint density at radius 2 is 2.17 bits per heavy atom. The molecule has 126 valence electrons. The maximum absolute atomic E-state index is 11.1. The van der Waals surface area contributed by atoms with Crippen LogP contribution in [0.15, 0.2) is 24.3 Å². The summed E-state index contributed by atoms with van der Waals surface area (Å²) in [5.74, 6) is -0.0418. The van der Waals surface area contributed by atoms with E-state index in [1.165, 1.54) is 12.5 Å². The van der Waals surface area contributed by atoms with Crippen LogP contribution < -0.4 is 5.32 Å². The third-order valence-corrected chi connectivity index (χ3v) is 4.59. The lowest BCUT2D eigenvalue weighted by molar-refractivity contribution is -0.156. The molecule has 2 saturated heterocycles. The van der Waals surface area contributed by atoms with Gasteiger partial charge in [-0.3, -0.25) is 9.69 Å². The molecule has 0 aromatic heterocycles. The van der Waals surface area contributed by atoms with Gasteiger partial charge < -0.3 is 14.8 Å². The van der Waals surface area contributed by atoms with Gasteiger partial charge in [0.15, 0.2) is 0 Å². The summed E-state index contributed by atoms with van der Waals surface area (Å²) in [5, 5.41) is 2.80. The fourth-order valence-electron chi connectivity index (χ4n) is 3.48. The van der Waals surface area contributed by atoms with Crippen molar-refractivity contribution in [3.63, 3.8) is 0 Å². The van der Waals surface area contributed by atoms with Crippen molar-refractivity contribution < 1.29 is 14.3 Å². The number of rotatable bonds is 4. The van der Waals surface area contributed by atoms with Crippen LogP contribution in [0.3, 0.4) is 0 Å². The molecule has 1 aromatic rings. The molecular formula is C18H26N2O3. The molecule has 23 heavy (non-hydrogen) atoms. The highest BCUT2D eigenvalue weighted by molar-refractivity contribution is 5.88. The average molecular weight is 318 g/mol. The molecule has 1 aromatic carbocycles. The van der Waals surface area contributed by atoms with Gasteiger partial charge >= 0.3 is 0 Å². The SMILES string of the molecule is CC[C@@H]1CN(Cc2ccc(NC(C)=O)cc2)C[C@]2(CCOC2)O1. The number of morpholine rings is 1. The van der Waals surface area contributed by atoms with E-state index in [4.69, 9.17) is 9.47 Å². The van der Waals surface area contributed by atoms with Gasteiger partial charge in [0.1, 0.15) is 5.60 Å². The molecule has 2 aliphatic heterocycles. The second-order valence-electron chi connectivity index (χ2n) is 6.68. The Hall–Kier alpha value is -1.43. The van der Waals surface area contributed by atoms with Gasteiger partial charge in [-0.25, -0.2) is 0 Å². The molecule has 3 rings (SSSR count). The number of anilines is 1. The maximum Gasteiger partial charge on any atom is 0.221 e. The van der Waals surface area contributed by atoms with E-state index in [9.17, 15) is 4.79 Å². The molecule has 2 heterocycles. The van der Waals surface area contributed by atoms with Gasteiger partial charge in [-0.2, -0.15) is 0 Å². The van der Waals surface area contributed by atoms with Crippen LogP contribution >= 0.6 is 0 Å². The van der Waals surface area contributed by atoms with Crippen molar-refractivity contribution in [2.75, 3.05) is 31.6 Å². The highest BCUT2D eigenvalue weighted by Gasteiger charge is 2.43. The van der Waals surface area contributed by atoms with Crippen LogP contribution in [0.4, 0.5) is 5.69 Å². The summed E-state index contributed by atoms with van der Waals surface area (Å²) in [5.41, 5.74) is 1.98. The van der Waals surface area contributed by atoms with E-state index >= 15 is 0 Å². The predicted octanol–water partition coefficient (Wildman–Crippen LogP) is 2.41. The fraction of sp³-hybridized carbons (Fsp3) is 0.611. The van der Waals surface area contributed by atoms with Gasteiger partial charge in [0.05, 0.1) is 12.7 Å². The predicted molar refractivity (Wildman–Crippen MR) is 89.4 cm³/mol. The number of carbonyl (C=O) groups excluding carboxylic acids is 1. The van der Waals surface area contributed by atoms with Crippen LogP contribution in [0.5, 0.6) is 0 Å². The molecule has 0 saturated carbocycles. The van der Waals surface area contributed by atoms with Crippen LogP contribution in [-0.2, 0) is 20.8 Å². The Balaban J connectivity index is 1.65. The van der Waals surface area contributed by atoms with Gasteiger partial charge in [0, 0.05) is 45.3 Å². The lowest BCUT2D eigenvalue weighted by atomic mass is 9.98. The Bertz CT molecular complexity index is 538. The number of nitrogens with one attached hydrogen (secondary N) is 1. The van der Waals surface area contributed by atoms with Crippen LogP contribution in [0.25, 0.3) is 0 Å². The zero-order chi connectivity index (χ0) is 16.3. The van der Waals surface area contributed by atoms with Gasteiger partial charge in [0.25, 0.3) is 0 Å². The smallest absolute Gasteiger partial charge is 0.221 e. The van der Waals surface area contributed by atoms with Crippen molar-refractivity contribution in [3.8, 4) is 0 Å². The normalized spacial score (nSPS) is 28.2. The Labute approximate surface area is 137 Å². The molecule has 0 aliphatic carbocycles. The summed E-state index contributed by atoms with van der Waals surface area (Å²) in [7, 11) is 0. The number of nitrogens with zero attached hydrogens (tertiary/aromatic N) is 1. The van der Waals surface area contributed by atoms with Gasteiger partial charge in [-0.15, -0.1) is 0 Å². The topological polar surface area (TPSA) is 50.8 Å². The molecule has 2 fully saturated rings. The van der Waals surface area contributed by atoms with E-state index in [0.29, 0.717) is 6.61 Å². The van der Waals surface area contributed by atoms with Gasteiger partial charge in [-0.1, -0.05) is 19.1 Å². The molecule has 0 bridgehead atoms. The van der Waals surface area contributed by atoms with Crippen molar-refractivity contribution in [2.45, 2.75) is 44.9 Å². The molecule has 5 nitrogen and oxygen atoms in total. The first-order valence-corrected chi connectivity index (χ1v) is 8.43. The summed E-state index contributed by atoms with van der Waals surface area (Å²) in [4.78, 5) is 13.6. The van der Waals surface area contributed by atoms with Crippen LogP contribution in [-0.4, -0.2) is 48.8 Å². The van der Waals surface area contributed by atoms with Crippen molar-refractivity contribution in [1.82, 2.24) is 4.90 Å². The largest absolute Gasteiger partial charge is 0.378 e. The van der Waals surface area contributed by atoms with Gasteiger partial charge in [0.2, 0.25) is 5.91 Å². The standard InChI is InChI=1S/C18H26N2O3/c1-3-17-11-20(12-18(23-17)8-9-22-13-18)10-15-4-6-16(7-5-15)19-14(2)21/h4-7,17H,3,8-13H2,1-2H3,(H,19,21)/t17-,18+/m1/s1. The minimum Gasteiger partial charge on any atom is -0.378 e. The Morgan fingerprint density at radius 1 is 1.39 bits per heavy atom. The number of hydrogen-bond acceptors (Lipinski definition) is 4. The third-order valence-electron chi connectivity index (χ3n) is 4.59. The van der Waals surface area contributed by atoms with E-state index in [2.05, 4.69) is 29.3 Å². The molecular weight excluding hydrogens is 292 g/mol. The summed E-state index contributed by atoms with van der Waals surface area (Å²) in [6, 6.07) is 8.09. The number of carbonyl (C=O) groups is 1. The summed E-state index contributed by atoms with van der Waals surface area (Å²) in [6.07, 6.45) is 2.30. The first-order chi connectivity index (χ1) is 11.1. The van der Waals surface area contributed by atoms with Crippen LogP contribution in [0.2, 0.25) is 0 Å². The quantitative estimate of drug-likeness (QED) is 0.926. The fourth-order valence-corrected chi connectivity index (χ4v) is 3.48. The first kappa shape index (κ1) is 16.4. The first-order valence-electron chi connectivity index (χ1n) is 8.43. The molecule has 2 atom stereocenters.